The van der Waals surface area contributed by atoms with Crippen LogP contribution in [0.25, 0.3) is 0 Å². The van der Waals surface area contributed by atoms with E-state index in [0.29, 0.717) is 20.3 Å². The van der Waals surface area contributed by atoms with Gasteiger partial charge in [0.15, 0.2) is 0 Å². The van der Waals surface area contributed by atoms with Gasteiger partial charge in [-0.3, -0.25) is 0 Å². The van der Waals surface area contributed by atoms with Crippen molar-refractivity contribution < 1.29 is 17.2 Å². The standard InChI is InChI=1S/C8H14Cl4F2N2O2S3/c1-3-5-15(19-7(9,10)13)21(17,18)16(6-4-2)20-8(11,12)14/h3-6H2,1-2H3. The second kappa shape index (κ2) is 9.17. The lowest BCUT2D eigenvalue weighted by atomic mass is 10.5. The van der Waals surface area contributed by atoms with Crippen LogP contribution in [0, 0.1) is 0 Å². The molecule has 0 aromatic heterocycles. The topological polar surface area (TPSA) is 40.6 Å². The molecule has 0 radical (unpaired) electrons. The molecule has 0 spiro atoms. The second-order valence-corrected chi connectivity index (χ2v) is 11.6. The van der Waals surface area contributed by atoms with Crippen LogP contribution in [0.1, 0.15) is 26.7 Å². The van der Waals surface area contributed by atoms with E-state index in [2.05, 4.69) is 0 Å². The third kappa shape index (κ3) is 9.46. The fraction of sp³-hybridized carbons (Fsp3) is 1.00. The van der Waals surface area contributed by atoms with Gasteiger partial charge in [-0.1, -0.05) is 60.3 Å². The summed E-state index contributed by atoms with van der Waals surface area (Å²) in [6.07, 6.45) is 0.729. The summed E-state index contributed by atoms with van der Waals surface area (Å²) in [7, 11) is -4.28. The first-order chi connectivity index (χ1) is 9.33. The summed E-state index contributed by atoms with van der Waals surface area (Å²) in [4.78, 5) is 0. The van der Waals surface area contributed by atoms with Gasteiger partial charge in [-0.2, -0.15) is 17.2 Å². The predicted octanol–water partition coefficient (Wildman–Crippen LogP) is 5.07. The largest absolute Gasteiger partial charge is 0.319 e. The molecule has 0 aromatic rings. The lowest BCUT2D eigenvalue weighted by Crippen LogP contribution is -2.40. The molecule has 0 aliphatic heterocycles. The van der Waals surface area contributed by atoms with Gasteiger partial charge in [0.05, 0.1) is 0 Å². The van der Waals surface area contributed by atoms with Crippen LogP contribution in [-0.4, -0.2) is 36.8 Å². The Balaban J connectivity index is 5.37. The fourth-order valence-electron chi connectivity index (χ4n) is 1.11. The molecule has 0 aromatic carbocycles. The summed E-state index contributed by atoms with van der Waals surface area (Å²) in [6.45, 7) is 3.18. The number of alkyl halides is 6. The summed E-state index contributed by atoms with van der Waals surface area (Å²) < 4.78 is 47.0. The molecule has 0 amide bonds. The maximum absolute atomic E-state index is 13.3. The van der Waals surface area contributed by atoms with Crippen molar-refractivity contribution in [1.82, 2.24) is 7.42 Å². The molecule has 13 heteroatoms. The van der Waals surface area contributed by atoms with Crippen LogP contribution in [-0.2, 0) is 10.2 Å². The highest BCUT2D eigenvalue weighted by Gasteiger charge is 2.41. The van der Waals surface area contributed by atoms with Crippen molar-refractivity contribution in [2.75, 3.05) is 13.1 Å². The molecule has 128 valence electrons. The van der Waals surface area contributed by atoms with E-state index in [1.807, 2.05) is 0 Å². The zero-order valence-corrected chi connectivity index (χ0v) is 16.5. The number of halogens is 6. The van der Waals surface area contributed by atoms with Crippen molar-refractivity contribution in [1.29, 1.82) is 0 Å². The van der Waals surface area contributed by atoms with Gasteiger partial charge in [-0.05, 0) is 12.8 Å². The third-order valence-corrected chi connectivity index (χ3v) is 6.72. The zero-order chi connectivity index (χ0) is 16.9. The van der Waals surface area contributed by atoms with E-state index in [1.165, 1.54) is 0 Å². The van der Waals surface area contributed by atoms with Crippen LogP contribution < -0.4 is 0 Å². The van der Waals surface area contributed by atoms with Crippen LogP contribution in [0.3, 0.4) is 0 Å². The molecular weight excluding hydrogens is 432 g/mol. The molecule has 0 bridgehead atoms. The van der Waals surface area contributed by atoms with Gasteiger partial charge in [-0.15, -0.1) is 7.42 Å². The second-order valence-electron chi connectivity index (χ2n) is 3.63. The van der Waals surface area contributed by atoms with E-state index in [1.54, 1.807) is 13.8 Å². The molecule has 0 saturated heterocycles. The predicted molar refractivity (Wildman–Crippen MR) is 89.2 cm³/mol. The Morgan fingerprint density at radius 3 is 1.38 bits per heavy atom. The maximum Gasteiger partial charge on any atom is 0.319 e. The van der Waals surface area contributed by atoms with E-state index in [0.717, 1.165) is 0 Å². The van der Waals surface area contributed by atoms with E-state index < -0.39 is 18.0 Å². The average Bonchev–Trinajstić information content (AvgIpc) is 2.24. The average molecular weight is 446 g/mol. The molecule has 0 saturated carbocycles. The SMILES string of the molecule is CCCN(SC(F)(Cl)Cl)S(=O)(=O)N(CCC)SC(F)(Cl)Cl. The highest BCUT2D eigenvalue weighted by atomic mass is 35.5. The molecular formula is C8H14Cl4F2N2O2S3. The van der Waals surface area contributed by atoms with Crippen LogP contribution in [0.5, 0.6) is 0 Å². The van der Waals surface area contributed by atoms with Gasteiger partial charge >= 0.3 is 18.0 Å². The normalized spacial score (nSPS) is 14.2. The summed E-state index contributed by atoms with van der Waals surface area (Å²) in [6, 6.07) is 0. The fourth-order valence-corrected chi connectivity index (χ4v) is 6.62. The van der Waals surface area contributed by atoms with Crippen molar-refractivity contribution >= 4 is 80.5 Å². The Hall–Kier alpha value is 1.59. The lowest BCUT2D eigenvalue weighted by Gasteiger charge is -2.30. The Labute approximate surface area is 152 Å². The molecule has 0 aliphatic carbocycles. The molecule has 0 atom stereocenters. The molecule has 0 heterocycles. The molecule has 0 N–H and O–H groups in total. The minimum absolute atomic E-state index is 0.0595. The molecule has 21 heavy (non-hydrogen) atoms. The molecule has 0 aliphatic rings. The smallest absolute Gasteiger partial charge is 0.194 e. The third-order valence-electron chi connectivity index (χ3n) is 1.74. The Kier molecular flexibility index (Phi) is 9.87. The Bertz CT molecular complexity index is 385. The number of rotatable bonds is 10. The van der Waals surface area contributed by atoms with Crippen LogP contribution in [0.2, 0.25) is 0 Å². The first-order valence-electron chi connectivity index (χ1n) is 5.65. The summed E-state index contributed by atoms with van der Waals surface area (Å²) >= 11 is 20.9. The molecule has 0 rings (SSSR count). The lowest BCUT2D eigenvalue weighted by molar-refractivity contribution is 0.463. The summed E-state index contributed by atoms with van der Waals surface area (Å²) in [5, 5.41) is 0. The van der Waals surface area contributed by atoms with Crippen LogP contribution >= 0.6 is 70.3 Å². The summed E-state index contributed by atoms with van der Waals surface area (Å²) in [5.74, 6) is 0. The van der Waals surface area contributed by atoms with Crippen LogP contribution in [0.15, 0.2) is 0 Å². The number of hydrogen-bond donors (Lipinski definition) is 0. The van der Waals surface area contributed by atoms with Gasteiger partial charge in [0, 0.05) is 37.0 Å². The molecule has 0 fully saturated rings. The summed E-state index contributed by atoms with van der Waals surface area (Å²) in [5.41, 5.74) is 0. The molecule has 4 nitrogen and oxygen atoms in total. The van der Waals surface area contributed by atoms with E-state index in [9.17, 15) is 17.2 Å². The van der Waals surface area contributed by atoms with Crippen molar-refractivity contribution in [3.63, 3.8) is 0 Å². The minimum Gasteiger partial charge on any atom is -0.194 e. The maximum atomic E-state index is 13.3. The number of nitrogens with zero attached hydrogens (tertiary/aromatic N) is 2. The van der Waals surface area contributed by atoms with Crippen molar-refractivity contribution in [2.24, 2.45) is 0 Å². The van der Waals surface area contributed by atoms with Gasteiger partial charge in [0.2, 0.25) is 0 Å². The van der Waals surface area contributed by atoms with Gasteiger partial charge in [0.25, 0.3) is 0 Å². The highest BCUT2D eigenvalue weighted by molar-refractivity contribution is 8.15. The molecule has 0 unspecified atom stereocenters. The van der Waals surface area contributed by atoms with E-state index >= 15 is 0 Å². The monoisotopic (exact) mass is 444 g/mol. The zero-order valence-electron chi connectivity index (χ0n) is 11.0. The van der Waals surface area contributed by atoms with Crippen molar-refractivity contribution in [3.8, 4) is 0 Å². The minimum atomic E-state index is -4.28. The van der Waals surface area contributed by atoms with E-state index in [-0.39, 0.29) is 37.0 Å². The Morgan fingerprint density at radius 2 is 1.19 bits per heavy atom. The van der Waals surface area contributed by atoms with Crippen LogP contribution in [0.4, 0.5) is 8.78 Å². The first kappa shape index (κ1) is 22.6. The van der Waals surface area contributed by atoms with Gasteiger partial charge in [0.1, 0.15) is 0 Å². The van der Waals surface area contributed by atoms with Gasteiger partial charge < -0.3 is 0 Å². The number of hydrogen-bond acceptors (Lipinski definition) is 4. The van der Waals surface area contributed by atoms with Crippen molar-refractivity contribution in [3.05, 3.63) is 0 Å². The van der Waals surface area contributed by atoms with Crippen molar-refractivity contribution in [2.45, 2.75) is 34.5 Å². The quantitative estimate of drug-likeness (QED) is 0.347. The Morgan fingerprint density at radius 1 is 0.905 bits per heavy atom. The van der Waals surface area contributed by atoms with Gasteiger partial charge in [-0.25, -0.2) is 0 Å². The van der Waals surface area contributed by atoms with E-state index in [4.69, 9.17) is 46.4 Å². The highest BCUT2D eigenvalue weighted by Crippen LogP contribution is 2.44. The first-order valence-corrected chi connectivity index (χ1v) is 10.1.